The molecule has 0 heterocycles. The van der Waals surface area contributed by atoms with Crippen molar-refractivity contribution >= 4 is 17.3 Å². The second-order valence-electron chi connectivity index (χ2n) is 7.81. The van der Waals surface area contributed by atoms with Crippen LogP contribution >= 0.6 is 0 Å². The van der Waals surface area contributed by atoms with Gasteiger partial charge in [-0.25, -0.2) is 0 Å². The van der Waals surface area contributed by atoms with Gasteiger partial charge in [-0.1, -0.05) is 25.3 Å². The van der Waals surface area contributed by atoms with Gasteiger partial charge in [0.05, 0.1) is 17.3 Å². The minimum Gasteiger partial charge on any atom is -0.481 e. The Kier molecular flexibility index (Phi) is 5.86. The van der Waals surface area contributed by atoms with Crippen LogP contribution in [0.2, 0.25) is 0 Å². The third kappa shape index (κ3) is 5.08. The van der Waals surface area contributed by atoms with Crippen molar-refractivity contribution in [1.82, 2.24) is 0 Å². The molecular weight excluding hydrogens is 357 g/mol. The van der Waals surface area contributed by atoms with E-state index in [1.54, 1.807) is 0 Å². The Morgan fingerprint density at radius 3 is 2.48 bits per heavy atom. The minimum absolute atomic E-state index is 0.00721. The zero-order valence-corrected chi connectivity index (χ0v) is 15.3. The molecule has 1 aromatic carbocycles. The smallest absolute Gasteiger partial charge is 0.389 e. The zero-order valence-electron chi connectivity index (χ0n) is 15.3. The van der Waals surface area contributed by atoms with Crippen molar-refractivity contribution in [3.63, 3.8) is 0 Å². The van der Waals surface area contributed by atoms with Crippen molar-refractivity contribution in [2.75, 3.05) is 17.2 Å². The maximum Gasteiger partial charge on any atom is 0.389 e. The van der Waals surface area contributed by atoms with E-state index in [9.17, 15) is 18.0 Å². The molecule has 7 heteroatoms. The molecule has 27 heavy (non-hydrogen) atoms. The van der Waals surface area contributed by atoms with Crippen molar-refractivity contribution in [2.24, 2.45) is 5.92 Å². The Labute approximate surface area is 157 Å². The molecular formula is C20H27F3N2O2. The number of anilines is 2. The number of hydrogen-bond donors (Lipinski definition) is 2. The summed E-state index contributed by atoms with van der Waals surface area (Å²) in [5.41, 5.74) is 8.47. The normalized spacial score (nSPS) is 23.2. The predicted octanol–water partition coefficient (Wildman–Crippen LogP) is 4.94. The highest BCUT2D eigenvalue weighted by Gasteiger charge is 2.44. The van der Waals surface area contributed by atoms with Gasteiger partial charge in [0.15, 0.2) is 0 Å². The van der Waals surface area contributed by atoms with E-state index in [0.29, 0.717) is 18.7 Å². The molecule has 0 amide bonds. The number of carboxylic acids is 1. The second-order valence-corrected chi connectivity index (χ2v) is 7.81. The van der Waals surface area contributed by atoms with Gasteiger partial charge in [-0.3, -0.25) is 4.79 Å². The van der Waals surface area contributed by atoms with Crippen LogP contribution in [0.15, 0.2) is 18.2 Å². The van der Waals surface area contributed by atoms with Crippen LogP contribution in [0.4, 0.5) is 24.5 Å². The van der Waals surface area contributed by atoms with E-state index in [1.807, 2.05) is 23.1 Å². The molecule has 0 spiro atoms. The number of nitrogens with two attached hydrogens (primary N) is 1. The maximum absolute atomic E-state index is 12.6. The van der Waals surface area contributed by atoms with Gasteiger partial charge in [0, 0.05) is 19.0 Å². The van der Waals surface area contributed by atoms with Crippen LogP contribution in [0.1, 0.15) is 62.8 Å². The van der Waals surface area contributed by atoms with Crippen LogP contribution in [0, 0.1) is 5.92 Å². The molecule has 4 nitrogen and oxygen atoms in total. The summed E-state index contributed by atoms with van der Waals surface area (Å²) in [4.78, 5) is 13.1. The largest absolute Gasteiger partial charge is 0.481 e. The Balaban J connectivity index is 1.75. The molecule has 0 bridgehead atoms. The number of nitrogen functional groups attached to an aromatic ring is 1. The number of carbonyl (C=O) groups is 1. The molecule has 0 unspecified atom stereocenters. The van der Waals surface area contributed by atoms with Crippen molar-refractivity contribution in [2.45, 2.75) is 69.5 Å². The fourth-order valence-corrected chi connectivity index (χ4v) is 4.24. The van der Waals surface area contributed by atoms with Crippen molar-refractivity contribution in [3.05, 3.63) is 23.8 Å². The molecule has 0 radical (unpaired) electrons. The first-order chi connectivity index (χ1) is 12.8. The first-order valence-corrected chi connectivity index (χ1v) is 9.72. The number of aliphatic carboxylic acids is 1. The van der Waals surface area contributed by atoms with Crippen molar-refractivity contribution < 1.29 is 23.1 Å². The van der Waals surface area contributed by atoms with Crippen molar-refractivity contribution in [1.29, 1.82) is 0 Å². The summed E-state index contributed by atoms with van der Waals surface area (Å²) < 4.78 is 37.8. The monoisotopic (exact) mass is 384 g/mol. The highest BCUT2D eigenvalue weighted by molar-refractivity contribution is 5.76. The third-order valence-electron chi connectivity index (χ3n) is 5.77. The van der Waals surface area contributed by atoms with E-state index in [2.05, 4.69) is 0 Å². The summed E-state index contributed by atoms with van der Waals surface area (Å²) in [5.74, 6) is -1.15. The summed E-state index contributed by atoms with van der Waals surface area (Å²) in [6.07, 6.45) is 0.994. The summed E-state index contributed by atoms with van der Waals surface area (Å²) in [5, 5.41) is 9.10. The fraction of sp³-hybridized carbons (Fsp3) is 0.650. The number of carboxylic acid groups (broad SMARTS) is 1. The van der Waals surface area contributed by atoms with Gasteiger partial charge in [0.2, 0.25) is 0 Å². The average Bonchev–Trinajstić information content (AvgIpc) is 3.40. The highest BCUT2D eigenvalue weighted by atomic mass is 19.4. The number of benzene rings is 1. The van der Waals surface area contributed by atoms with E-state index in [0.717, 1.165) is 36.9 Å². The summed E-state index contributed by atoms with van der Waals surface area (Å²) >= 11 is 0. The van der Waals surface area contributed by atoms with Gasteiger partial charge >= 0.3 is 12.1 Å². The quantitative estimate of drug-likeness (QED) is 0.654. The molecule has 3 rings (SSSR count). The van der Waals surface area contributed by atoms with Crippen molar-refractivity contribution in [3.8, 4) is 0 Å². The Hall–Kier alpha value is -1.92. The topological polar surface area (TPSA) is 66.6 Å². The van der Waals surface area contributed by atoms with E-state index in [-0.39, 0.29) is 24.3 Å². The Bertz CT molecular complexity index is 672. The van der Waals surface area contributed by atoms with Gasteiger partial charge < -0.3 is 15.7 Å². The van der Waals surface area contributed by atoms with Crippen LogP contribution in [-0.4, -0.2) is 29.8 Å². The van der Waals surface area contributed by atoms with Gasteiger partial charge in [0.25, 0.3) is 0 Å². The molecule has 0 aliphatic heterocycles. The summed E-state index contributed by atoms with van der Waals surface area (Å²) in [7, 11) is 0. The van der Waals surface area contributed by atoms with Gasteiger partial charge in [0.1, 0.15) is 0 Å². The van der Waals surface area contributed by atoms with Crippen LogP contribution in [0.5, 0.6) is 0 Å². The molecule has 2 aliphatic carbocycles. The molecule has 3 N–H and O–H groups in total. The maximum atomic E-state index is 12.6. The van der Waals surface area contributed by atoms with E-state index < -0.39 is 18.6 Å². The predicted molar refractivity (Wildman–Crippen MR) is 98.8 cm³/mol. The third-order valence-corrected chi connectivity index (χ3v) is 5.77. The number of nitrogens with zero attached hydrogens (tertiary/aromatic N) is 1. The fourth-order valence-electron chi connectivity index (χ4n) is 4.24. The molecule has 2 aliphatic rings. The lowest BCUT2D eigenvalue weighted by molar-refractivity contribution is -0.138. The zero-order chi connectivity index (χ0) is 19.6. The van der Waals surface area contributed by atoms with Gasteiger partial charge in [-0.2, -0.15) is 13.2 Å². The van der Waals surface area contributed by atoms with E-state index in [1.165, 1.54) is 6.42 Å². The second kappa shape index (κ2) is 7.98. The highest BCUT2D eigenvalue weighted by Crippen LogP contribution is 2.48. The number of rotatable bonds is 7. The molecule has 0 aromatic heterocycles. The number of alkyl halides is 3. The Morgan fingerprint density at radius 1 is 1.22 bits per heavy atom. The van der Waals surface area contributed by atoms with Crippen LogP contribution < -0.4 is 10.6 Å². The number of hydrogen-bond acceptors (Lipinski definition) is 3. The van der Waals surface area contributed by atoms with Gasteiger partial charge in [-0.15, -0.1) is 0 Å². The lowest BCUT2D eigenvalue weighted by Gasteiger charge is -2.37. The van der Waals surface area contributed by atoms with Gasteiger partial charge in [-0.05, 0) is 49.3 Å². The first-order valence-electron chi connectivity index (χ1n) is 9.72. The van der Waals surface area contributed by atoms with E-state index in [4.69, 9.17) is 10.8 Å². The number of halogens is 3. The molecule has 150 valence electrons. The summed E-state index contributed by atoms with van der Waals surface area (Å²) in [6.45, 7) is 0.328. The summed E-state index contributed by atoms with van der Waals surface area (Å²) in [6, 6.07) is 5.78. The molecule has 1 aromatic rings. The Morgan fingerprint density at radius 2 is 1.93 bits per heavy atom. The van der Waals surface area contributed by atoms with E-state index >= 15 is 0 Å². The molecule has 2 saturated carbocycles. The SMILES string of the molecule is Nc1cc([C@H]2C[C@H]2C(=O)O)ccc1N(CCCC(F)(F)F)C1CCCCC1. The van der Waals surface area contributed by atoms with Crippen LogP contribution in [0.25, 0.3) is 0 Å². The van der Waals surface area contributed by atoms with Crippen LogP contribution in [0.3, 0.4) is 0 Å². The lowest BCUT2D eigenvalue weighted by Crippen LogP contribution is -2.38. The average molecular weight is 384 g/mol. The molecule has 0 saturated heterocycles. The lowest BCUT2D eigenvalue weighted by atomic mass is 9.93. The molecule has 2 fully saturated rings. The van der Waals surface area contributed by atoms with Crippen LogP contribution in [-0.2, 0) is 4.79 Å². The standard InChI is InChI=1S/C20H27F3N2O2/c21-20(22,23)9-4-10-25(14-5-2-1-3-6-14)18-8-7-13(11-17(18)24)15-12-16(15)19(26)27/h7-8,11,14-16H,1-6,9-10,12,24H2,(H,26,27)/t15-,16-/m1/s1. The first kappa shape index (κ1) is 19.8. The minimum atomic E-state index is -4.15. The molecule has 2 atom stereocenters.